The lowest BCUT2D eigenvalue weighted by Gasteiger charge is -2.23. The molecule has 2 aromatic carbocycles. The van der Waals surface area contributed by atoms with Gasteiger partial charge >= 0.3 is 0 Å². The van der Waals surface area contributed by atoms with Gasteiger partial charge in [-0.1, -0.05) is 6.07 Å². The van der Waals surface area contributed by atoms with Crippen LogP contribution in [-0.2, 0) is 40.0 Å². The SMILES string of the molecule is CCn1cc(Cc2nn(C)nc2-c2cc(F)ccc2[C@@H](C)Nc2ncc(Br)cc2O[C@H](C)c2cc(F)ccc2-c2nn(C)nc2Cc2cnn(CC)c2)cn1. The van der Waals surface area contributed by atoms with Crippen molar-refractivity contribution in [1.29, 1.82) is 0 Å². The van der Waals surface area contributed by atoms with E-state index >= 15 is 0 Å². The van der Waals surface area contributed by atoms with Gasteiger partial charge < -0.3 is 10.1 Å². The number of hydrogen-bond donors (Lipinski definition) is 1. The van der Waals surface area contributed by atoms with Crippen molar-refractivity contribution in [2.24, 2.45) is 14.1 Å². The molecule has 0 saturated heterocycles. The number of aromatic nitrogens is 11. The van der Waals surface area contributed by atoms with Crippen LogP contribution < -0.4 is 10.1 Å². The van der Waals surface area contributed by atoms with Crippen LogP contribution in [0.15, 0.2) is 77.9 Å². The summed E-state index contributed by atoms with van der Waals surface area (Å²) in [5.74, 6) is 0.0612. The van der Waals surface area contributed by atoms with E-state index in [-0.39, 0.29) is 6.04 Å². The zero-order valence-electron chi connectivity index (χ0n) is 31.4. The first-order valence-corrected chi connectivity index (χ1v) is 18.8. The molecule has 0 radical (unpaired) electrons. The van der Waals surface area contributed by atoms with E-state index in [9.17, 15) is 8.78 Å². The molecule has 0 bridgehead atoms. The van der Waals surface area contributed by atoms with E-state index < -0.39 is 17.7 Å². The molecular formula is C39H41BrF2N12O. The zero-order valence-corrected chi connectivity index (χ0v) is 33.0. The first-order chi connectivity index (χ1) is 26.5. The van der Waals surface area contributed by atoms with Crippen LogP contribution in [0.1, 0.15) is 73.5 Å². The van der Waals surface area contributed by atoms with Crippen molar-refractivity contribution in [2.75, 3.05) is 5.32 Å². The van der Waals surface area contributed by atoms with E-state index in [0.29, 0.717) is 62.7 Å². The third-order valence-electron chi connectivity index (χ3n) is 9.25. The van der Waals surface area contributed by atoms with Crippen LogP contribution in [0, 0.1) is 11.6 Å². The summed E-state index contributed by atoms with van der Waals surface area (Å²) in [7, 11) is 3.51. The van der Waals surface area contributed by atoms with Crippen molar-refractivity contribution in [2.45, 2.75) is 65.8 Å². The van der Waals surface area contributed by atoms with Gasteiger partial charge in [-0.3, -0.25) is 9.36 Å². The van der Waals surface area contributed by atoms with E-state index in [0.717, 1.165) is 35.5 Å². The molecule has 0 spiro atoms. The van der Waals surface area contributed by atoms with Gasteiger partial charge in [-0.25, -0.2) is 13.8 Å². The number of halogens is 3. The maximum atomic E-state index is 15.0. The summed E-state index contributed by atoms with van der Waals surface area (Å²) >= 11 is 3.54. The molecule has 7 rings (SSSR count). The number of nitrogens with one attached hydrogen (secondary N) is 1. The molecule has 5 aromatic heterocycles. The van der Waals surface area contributed by atoms with Crippen molar-refractivity contribution < 1.29 is 13.5 Å². The van der Waals surface area contributed by atoms with Crippen molar-refractivity contribution in [3.63, 3.8) is 0 Å². The second kappa shape index (κ2) is 15.9. The maximum absolute atomic E-state index is 15.0. The van der Waals surface area contributed by atoms with Gasteiger partial charge in [-0.05, 0) is 96.7 Å². The van der Waals surface area contributed by atoms with E-state index in [1.165, 1.54) is 33.9 Å². The summed E-state index contributed by atoms with van der Waals surface area (Å²) in [6, 6.07) is 10.6. The van der Waals surface area contributed by atoms with E-state index in [2.05, 4.69) is 56.8 Å². The number of pyridine rings is 1. The Bertz CT molecular complexity index is 2450. The van der Waals surface area contributed by atoms with Crippen molar-refractivity contribution >= 4 is 21.7 Å². The quantitative estimate of drug-likeness (QED) is 0.118. The molecule has 16 heteroatoms. The predicted octanol–water partition coefficient (Wildman–Crippen LogP) is 7.64. The van der Waals surface area contributed by atoms with Crippen molar-refractivity contribution in [3.8, 4) is 28.3 Å². The maximum Gasteiger partial charge on any atom is 0.169 e. The number of ether oxygens (including phenoxy) is 1. The largest absolute Gasteiger partial charge is 0.482 e. The van der Waals surface area contributed by atoms with Crippen LogP contribution in [0.2, 0.25) is 0 Å². The molecule has 0 saturated carbocycles. The monoisotopic (exact) mass is 810 g/mol. The lowest BCUT2D eigenvalue weighted by atomic mass is 9.96. The molecule has 1 N–H and O–H groups in total. The molecule has 0 aliphatic heterocycles. The van der Waals surface area contributed by atoms with Gasteiger partial charge in [0.05, 0.1) is 29.8 Å². The zero-order chi connectivity index (χ0) is 38.8. The minimum Gasteiger partial charge on any atom is -0.482 e. The predicted molar refractivity (Wildman–Crippen MR) is 207 cm³/mol. The first-order valence-electron chi connectivity index (χ1n) is 18.0. The van der Waals surface area contributed by atoms with E-state index in [1.807, 2.05) is 61.8 Å². The number of nitrogens with zero attached hydrogens (tertiary/aromatic N) is 11. The Balaban J connectivity index is 1.18. The Hall–Kier alpha value is -5.77. The van der Waals surface area contributed by atoms with Gasteiger partial charge in [0.1, 0.15) is 29.1 Å². The molecular weight excluding hydrogens is 770 g/mol. The fraction of sp³-hybridized carbons (Fsp3) is 0.308. The lowest BCUT2D eigenvalue weighted by molar-refractivity contribution is 0.227. The van der Waals surface area contributed by atoms with Crippen LogP contribution in [0.25, 0.3) is 22.5 Å². The molecule has 5 heterocycles. The van der Waals surface area contributed by atoms with E-state index in [1.54, 1.807) is 38.5 Å². The second-order valence-electron chi connectivity index (χ2n) is 13.3. The average molecular weight is 812 g/mol. The number of aryl methyl sites for hydroxylation is 4. The van der Waals surface area contributed by atoms with Gasteiger partial charge in [-0.2, -0.15) is 40.2 Å². The number of hydrogen-bond acceptors (Lipinski definition) is 9. The minimum absolute atomic E-state index is 0.386. The summed E-state index contributed by atoms with van der Waals surface area (Å²) < 4.78 is 40.9. The van der Waals surface area contributed by atoms with E-state index in [4.69, 9.17) is 4.74 Å². The van der Waals surface area contributed by atoms with Crippen LogP contribution >= 0.6 is 15.9 Å². The number of benzene rings is 2. The Morgan fingerprint density at radius 1 is 0.727 bits per heavy atom. The molecule has 0 aliphatic carbocycles. The highest BCUT2D eigenvalue weighted by atomic mass is 79.9. The van der Waals surface area contributed by atoms with Gasteiger partial charge in [0.2, 0.25) is 0 Å². The van der Waals surface area contributed by atoms with Gasteiger partial charge in [0.25, 0.3) is 0 Å². The molecule has 0 amide bonds. The third-order valence-corrected chi connectivity index (χ3v) is 9.69. The summed E-state index contributed by atoms with van der Waals surface area (Å²) in [6.07, 6.45) is 9.58. The van der Waals surface area contributed by atoms with Crippen molar-refractivity contribution in [3.05, 3.63) is 123 Å². The second-order valence-corrected chi connectivity index (χ2v) is 14.2. The highest BCUT2D eigenvalue weighted by Gasteiger charge is 2.25. The smallest absolute Gasteiger partial charge is 0.169 e. The van der Waals surface area contributed by atoms with Crippen LogP contribution in [0.4, 0.5) is 14.6 Å². The molecule has 0 fully saturated rings. The van der Waals surface area contributed by atoms with Crippen molar-refractivity contribution in [1.82, 2.24) is 54.5 Å². The summed E-state index contributed by atoms with van der Waals surface area (Å²) in [4.78, 5) is 7.68. The Labute approximate surface area is 325 Å². The van der Waals surface area contributed by atoms with Gasteiger partial charge in [0.15, 0.2) is 11.6 Å². The van der Waals surface area contributed by atoms with Gasteiger partial charge in [0, 0.05) is 79.8 Å². The summed E-state index contributed by atoms with van der Waals surface area (Å²) in [6.45, 7) is 9.37. The molecule has 55 heavy (non-hydrogen) atoms. The van der Waals surface area contributed by atoms with Crippen LogP contribution in [-0.4, -0.2) is 54.5 Å². The third kappa shape index (κ3) is 8.33. The minimum atomic E-state index is -0.643. The normalized spacial score (nSPS) is 12.6. The standard InChI is InChI=1S/C39H41BrF2N12O/c1-7-53-21-25(18-44-53)13-34-37(49-51(5)47-34)31-12-10-28(41)16-32(31)24(4)55-36-15-27(40)20-43-39(36)46-23(3)30-11-9-29(42)17-33(30)38-35(48-52(6)50-38)14-26-19-45-54(8-2)22-26/h9-12,15-24H,7-8,13-14H2,1-6H3,(H,43,46)/t23-,24-/m1/s1. The van der Waals surface area contributed by atoms with Crippen LogP contribution in [0.3, 0.4) is 0 Å². The number of rotatable bonds is 14. The molecule has 13 nitrogen and oxygen atoms in total. The fourth-order valence-corrected chi connectivity index (χ4v) is 6.94. The van der Waals surface area contributed by atoms with Crippen LogP contribution in [0.5, 0.6) is 5.75 Å². The first kappa shape index (κ1) is 37.5. The Kier molecular flexibility index (Phi) is 10.9. The molecule has 0 aliphatic rings. The summed E-state index contributed by atoms with van der Waals surface area (Å²) in [5, 5.41) is 30.9. The molecule has 0 unspecified atom stereocenters. The Morgan fingerprint density at radius 3 is 1.91 bits per heavy atom. The van der Waals surface area contributed by atoms with Gasteiger partial charge in [-0.15, -0.1) is 0 Å². The molecule has 7 aromatic rings. The average Bonchev–Trinajstić information content (AvgIpc) is 3.97. The topological polar surface area (TPSA) is 131 Å². The summed E-state index contributed by atoms with van der Waals surface area (Å²) in [5.41, 5.74) is 7.27. The highest BCUT2D eigenvalue weighted by Crippen LogP contribution is 2.38. The molecule has 2 atom stereocenters. The molecule has 284 valence electrons. The number of anilines is 1. The Morgan fingerprint density at radius 2 is 1.31 bits per heavy atom. The lowest BCUT2D eigenvalue weighted by Crippen LogP contribution is -2.13. The fourth-order valence-electron chi connectivity index (χ4n) is 6.63. The highest BCUT2D eigenvalue weighted by molar-refractivity contribution is 9.10.